The predicted octanol–water partition coefficient (Wildman–Crippen LogP) is 1.64. The zero-order valence-corrected chi connectivity index (χ0v) is 14.0. The van der Waals surface area contributed by atoms with Crippen molar-refractivity contribution in [2.45, 2.75) is 31.9 Å². The van der Waals surface area contributed by atoms with Crippen molar-refractivity contribution < 1.29 is 9.15 Å². The number of ether oxygens (including phenoxy) is 1. The monoisotopic (exact) mass is 329 g/mol. The SMILES string of the molecule is Cc1nnc(N2CCC[C@@]3(CN(Cc4cccnc4)CCO3)C2)o1. The van der Waals surface area contributed by atoms with Crippen molar-refractivity contribution in [2.75, 3.05) is 37.7 Å². The molecule has 0 amide bonds. The molecule has 0 N–H and O–H groups in total. The van der Waals surface area contributed by atoms with E-state index in [-0.39, 0.29) is 5.60 Å². The Balaban J connectivity index is 1.45. The summed E-state index contributed by atoms with van der Waals surface area (Å²) in [6, 6.07) is 4.73. The standard InChI is InChI=1S/C17H23N5O2/c1-14-19-20-16(24-14)22-7-3-5-17(13-22)12-21(8-9-23-17)11-15-4-2-6-18-10-15/h2,4,6,10H,3,5,7-9,11-13H2,1H3/t17-/m1/s1. The van der Waals surface area contributed by atoms with Gasteiger partial charge in [-0.2, -0.15) is 0 Å². The smallest absolute Gasteiger partial charge is 0.318 e. The minimum absolute atomic E-state index is 0.152. The molecule has 1 atom stereocenters. The summed E-state index contributed by atoms with van der Waals surface area (Å²) in [7, 11) is 0. The second kappa shape index (κ2) is 6.49. The van der Waals surface area contributed by atoms with Crippen molar-refractivity contribution in [3.05, 3.63) is 36.0 Å². The van der Waals surface area contributed by atoms with E-state index in [0.29, 0.717) is 11.9 Å². The van der Waals surface area contributed by atoms with E-state index in [4.69, 9.17) is 9.15 Å². The van der Waals surface area contributed by atoms with E-state index in [9.17, 15) is 0 Å². The summed E-state index contributed by atoms with van der Waals surface area (Å²) in [4.78, 5) is 8.84. The highest BCUT2D eigenvalue weighted by Crippen LogP contribution is 2.31. The molecular weight excluding hydrogens is 306 g/mol. The van der Waals surface area contributed by atoms with Crippen LogP contribution in [0.25, 0.3) is 0 Å². The number of morpholine rings is 1. The van der Waals surface area contributed by atoms with E-state index >= 15 is 0 Å². The Morgan fingerprint density at radius 1 is 1.25 bits per heavy atom. The quantitative estimate of drug-likeness (QED) is 0.848. The molecule has 0 aliphatic carbocycles. The van der Waals surface area contributed by atoms with Crippen LogP contribution >= 0.6 is 0 Å². The number of piperidine rings is 1. The molecule has 24 heavy (non-hydrogen) atoms. The molecule has 0 unspecified atom stereocenters. The lowest BCUT2D eigenvalue weighted by Crippen LogP contribution is -2.59. The highest BCUT2D eigenvalue weighted by atomic mass is 16.5. The van der Waals surface area contributed by atoms with Crippen molar-refractivity contribution in [3.8, 4) is 0 Å². The predicted molar refractivity (Wildman–Crippen MR) is 88.7 cm³/mol. The van der Waals surface area contributed by atoms with Gasteiger partial charge in [-0.15, -0.1) is 5.10 Å². The summed E-state index contributed by atoms with van der Waals surface area (Å²) in [6.07, 6.45) is 5.90. The molecule has 4 heterocycles. The van der Waals surface area contributed by atoms with E-state index < -0.39 is 0 Å². The number of aromatic nitrogens is 3. The van der Waals surface area contributed by atoms with E-state index in [1.54, 1.807) is 0 Å². The number of pyridine rings is 1. The number of anilines is 1. The fourth-order valence-electron chi connectivity index (χ4n) is 3.73. The summed E-state index contributed by atoms with van der Waals surface area (Å²) in [5.41, 5.74) is 1.09. The van der Waals surface area contributed by atoms with Crippen molar-refractivity contribution in [1.29, 1.82) is 0 Å². The summed E-state index contributed by atoms with van der Waals surface area (Å²) < 4.78 is 11.8. The van der Waals surface area contributed by atoms with Crippen LogP contribution in [-0.4, -0.2) is 58.5 Å². The number of hydrogen-bond acceptors (Lipinski definition) is 7. The zero-order chi connectivity index (χ0) is 16.4. The Labute approximate surface area is 141 Å². The maximum Gasteiger partial charge on any atom is 0.318 e. The van der Waals surface area contributed by atoms with Crippen LogP contribution in [0, 0.1) is 6.92 Å². The molecule has 0 saturated carbocycles. The molecule has 2 aromatic rings. The minimum atomic E-state index is -0.152. The van der Waals surface area contributed by atoms with Crippen LogP contribution in [0.3, 0.4) is 0 Å². The molecule has 2 fully saturated rings. The molecule has 2 aromatic heterocycles. The van der Waals surface area contributed by atoms with Crippen LogP contribution in [0.4, 0.5) is 6.01 Å². The normalized spacial score (nSPS) is 25.3. The van der Waals surface area contributed by atoms with Crippen molar-refractivity contribution in [3.63, 3.8) is 0 Å². The van der Waals surface area contributed by atoms with Gasteiger partial charge in [0.2, 0.25) is 5.89 Å². The van der Waals surface area contributed by atoms with Crippen LogP contribution in [-0.2, 0) is 11.3 Å². The Morgan fingerprint density at radius 2 is 2.21 bits per heavy atom. The summed E-state index contributed by atoms with van der Waals surface area (Å²) in [5.74, 6) is 0.604. The average Bonchev–Trinajstić information content (AvgIpc) is 3.03. The molecule has 0 aromatic carbocycles. The Bertz CT molecular complexity index is 673. The molecule has 2 aliphatic heterocycles. The van der Waals surface area contributed by atoms with Gasteiger partial charge in [-0.3, -0.25) is 9.88 Å². The van der Waals surface area contributed by atoms with Gasteiger partial charge < -0.3 is 14.1 Å². The third-order valence-corrected chi connectivity index (χ3v) is 4.78. The largest absolute Gasteiger partial charge is 0.408 e. The third-order valence-electron chi connectivity index (χ3n) is 4.78. The lowest BCUT2D eigenvalue weighted by atomic mass is 9.90. The molecule has 0 radical (unpaired) electrons. The van der Waals surface area contributed by atoms with Crippen LogP contribution in [0.15, 0.2) is 28.9 Å². The van der Waals surface area contributed by atoms with Crippen LogP contribution in [0.5, 0.6) is 0 Å². The van der Waals surface area contributed by atoms with Crippen LogP contribution < -0.4 is 4.90 Å². The molecule has 7 nitrogen and oxygen atoms in total. The maximum absolute atomic E-state index is 6.24. The fourth-order valence-corrected chi connectivity index (χ4v) is 3.73. The molecule has 7 heteroatoms. The topological polar surface area (TPSA) is 67.5 Å². The van der Waals surface area contributed by atoms with Gasteiger partial charge >= 0.3 is 6.01 Å². The van der Waals surface area contributed by atoms with Crippen LogP contribution in [0.1, 0.15) is 24.3 Å². The number of hydrogen-bond donors (Lipinski definition) is 0. The van der Waals surface area contributed by atoms with Crippen molar-refractivity contribution in [2.24, 2.45) is 0 Å². The first-order valence-corrected chi connectivity index (χ1v) is 8.53. The summed E-state index contributed by atoms with van der Waals surface area (Å²) >= 11 is 0. The third kappa shape index (κ3) is 3.27. The van der Waals surface area contributed by atoms with Crippen molar-refractivity contribution >= 4 is 6.01 Å². The molecule has 2 aliphatic rings. The molecule has 0 bridgehead atoms. The van der Waals surface area contributed by atoms with E-state index in [0.717, 1.165) is 52.2 Å². The number of nitrogens with zero attached hydrogens (tertiary/aromatic N) is 5. The lowest BCUT2D eigenvalue weighted by Gasteiger charge is -2.47. The minimum Gasteiger partial charge on any atom is -0.408 e. The van der Waals surface area contributed by atoms with E-state index in [1.807, 2.05) is 25.4 Å². The first kappa shape index (κ1) is 15.5. The molecular formula is C17H23N5O2. The average molecular weight is 329 g/mol. The van der Waals surface area contributed by atoms with Crippen LogP contribution in [0.2, 0.25) is 0 Å². The van der Waals surface area contributed by atoms with Gasteiger partial charge in [-0.1, -0.05) is 11.2 Å². The first-order valence-electron chi connectivity index (χ1n) is 8.53. The number of aryl methyl sites for hydroxylation is 1. The second-order valence-electron chi connectivity index (χ2n) is 6.73. The van der Waals surface area contributed by atoms with Gasteiger partial charge in [-0.25, -0.2) is 0 Å². The van der Waals surface area contributed by atoms with Gasteiger partial charge in [0.25, 0.3) is 0 Å². The lowest BCUT2D eigenvalue weighted by molar-refractivity contribution is -0.116. The second-order valence-corrected chi connectivity index (χ2v) is 6.73. The first-order chi connectivity index (χ1) is 11.7. The van der Waals surface area contributed by atoms with Gasteiger partial charge in [0, 0.05) is 45.5 Å². The molecule has 128 valence electrons. The van der Waals surface area contributed by atoms with Gasteiger partial charge in [-0.05, 0) is 24.5 Å². The highest BCUT2D eigenvalue weighted by Gasteiger charge is 2.41. The van der Waals surface area contributed by atoms with Crippen molar-refractivity contribution in [1.82, 2.24) is 20.1 Å². The molecule has 1 spiro atoms. The van der Waals surface area contributed by atoms with E-state index in [1.165, 1.54) is 5.56 Å². The van der Waals surface area contributed by atoms with Gasteiger partial charge in [0.1, 0.15) is 0 Å². The fraction of sp³-hybridized carbons (Fsp3) is 0.588. The Hall–Kier alpha value is -1.99. The molecule has 4 rings (SSSR count). The summed E-state index contributed by atoms with van der Waals surface area (Å²) in [6.45, 7) is 7.12. The Kier molecular flexibility index (Phi) is 4.20. The highest BCUT2D eigenvalue weighted by molar-refractivity contribution is 5.27. The molecule has 2 saturated heterocycles. The Morgan fingerprint density at radius 3 is 3.00 bits per heavy atom. The maximum atomic E-state index is 6.24. The van der Waals surface area contributed by atoms with E-state index in [2.05, 4.69) is 31.0 Å². The number of rotatable bonds is 3. The van der Waals surface area contributed by atoms with Gasteiger partial charge in [0.05, 0.1) is 18.8 Å². The van der Waals surface area contributed by atoms with Gasteiger partial charge in [0.15, 0.2) is 0 Å². The zero-order valence-electron chi connectivity index (χ0n) is 14.0. The summed E-state index contributed by atoms with van der Waals surface area (Å²) in [5, 5.41) is 8.12.